The molecule has 0 amide bonds. The van der Waals surface area contributed by atoms with Crippen LogP contribution in [0.2, 0.25) is 0 Å². The van der Waals surface area contributed by atoms with E-state index in [-0.39, 0.29) is 25.9 Å². The number of hydrogen-bond acceptors (Lipinski definition) is 2. The second kappa shape index (κ2) is 4.75. The Balaban J connectivity index is -0.0000000817. The molecular formula is C5H10MgO3. The van der Waals surface area contributed by atoms with Crippen molar-refractivity contribution in [1.29, 1.82) is 0 Å². The molecule has 0 aromatic rings. The molecule has 50 valence electrons. The zero-order valence-electron chi connectivity index (χ0n) is 7.55. The summed E-state index contributed by atoms with van der Waals surface area (Å²) in [5.41, 5.74) is 0. The maximum atomic E-state index is 10.2. The molecule has 3 nitrogen and oxygen atoms in total. The summed E-state index contributed by atoms with van der Waals surface area (Å²) < 4.78 is 0. The second-order valence-electron chi connectivity index (χ2n) is 1.82. The summed E-state index contributed by atoms with van der Waals surface area (Å²) >= 11 is 0. The molecule has 0 saturated carbocycles. The standard InChI is InChI=1S/C5H8O3.Mg.2H/c1-3(2)4(6)5(7)8;;;/h3H,1-2H3,(H,7,8);;;/q;+2;2*-1. The Kier molecular flexibility index (Phi) is 6.17. The number of ketones is 1. The maximum Gasteiger partial charge on any atom is 2.00 e. The fourth-order valence-corrected chi connectivity index (χ4v) is 0.247. The molecule has 0 saturated heterocycles. The van der Waals surface area contributed by atoms with Gasteiger partial charge in [-0.2, -0.15) is 0 Å². The van der Waals surface area contributed by atoms with Crippen molar-refractivity contribution in [2.24, 2.45) is 5.92 Å². The molecule has 9 heavy (non-hydrogen) atoms. The number of carboxylic acids is 1. The van der Waals surface area contributed by atoms with Crippen LogP contribution in [-0.4, -0.2) is 39.9 Å². The van der Waals surface area contributed by atoms with Crippen molar-refractivity contribution in [3.8, 4) is 0 Å². The molecule has 0 aliphatic rings. The molecule has 0 heterocycles. The quantitative estimate of drug-likeness (QED) is 0.441. The van der Waals surface area contributed by atoms with Gasteiger partial charge in [-0.05, 0) is 0 Å². The summed E-state index contributed by atoms with van der Waals surface area (Å²) in [6.45, 7) is 3.10. The van der Waals surface area contributed by atoms with E-state index in [1.54, 1.807) is 13.8 Å². The average molecular weight is 142 g/mol. The minimum atomic E-state index is -1.35. The topological polar surface area (TPSA) is 54.4 Å². The van der Waals surface area contributed by atoms with Crippen LogP contribution in [0.25, 0.3) is 0 Å². The third kappa shape index (κ3) is 4.41. The zero-order chi connectivity index (χ0) is 6.73. The number of aliphatic carboxylic acids is 1. The number of carbonyl (C=O) groups excluding carboxylic acids is 1. The Hall–Kier alpha value is -0.0938. The van der Waals surface area contributed by atoms with E-state index in [2.05, 4.69) is 0 Å². The van der Waals surface area contributed by atoms with Crippen molar-refractivity contribution < 1.29 is 17.5 Å². The molecule has 0 spiro atoms. The minimum absolute atomic E-state index is 0. The van der Waals surface area contributed by atoms with Gasteiger partial charge in [0.15, 0.2) is 0 Å². The first-order valence-electron chi connectivity index (χ1n) is 2.33. The van der Waals surface area contributed by atoms with Crippen molar-refractivity contribution >= 4 is 34.8 Å². The van der Waals surface area contributed by atoms with E-state index in [0.717, 1.165) is 0 Å². The van der Waals surface area contributed by atoms with Crippen LogP contribution < -0.4 is 0 Å². The summed E-state index contributed by atoms with van der Waals surface area (Å²) in [5.74, 6) is -2.47. The van der Waals surface area contributed by atoms with Gasteiger partial charge in [-0.3, -0.25) is 4.79 Å². The van der Waals surface area contributed by atoms with Crippen molar-refractivity contribution in [3.05, 3.63) is 0 Å². The van der Waals surface area contributed by atoms with Crippen molar-refractivity contribution in [3.63, 3.8) is 0 Å². The van der Waals surface area contributed by atoms with Crippen molar-refractivity contribution in [2.45, 2.75) is 13.8 Å². The van der Waals surface area contributed by atoms with Gasteiger partial charge >= 0.3 is 29.0 Å². The van der Waals surface area contributed by atoms with Crippen LogP contribution in [0.1, 0.15) is 16.7 Å². The van der Waals surface area contributed by atoms with Crippen molar-refractivity contribution in [1.82, 2.24) is 0 Å². The van der Waals surface area contributed by atoms with Gasteiger partial charge in [-0.15, -0.1) is 0 Å². The van der Waals surface area contributed by atoms with Crippen LogP contribution in [0.5, 0.6) is 0 Å². The van der Waals surface area contributed by atoms with E-state index in [9.17, 15) is 9.59 Å². The molecule has 0 aliphatic heterocycles. The van der Waals surface area contributed by atoms with E-state index in [0.29, 0.717) is 0 Å². The first-order chi connectivity index (χ1) is 3.55. The Morgan fingerprint density at radius 1 is 1.44 bits per heavy atom. The fraction of sp³-hybridized carbons (Fsp3) is 0.600. The smallest absolute Gasteiger partial charge is 1.00 e. The van der Waals surface area contributed by atoms with E-state index in [1.165, 1.54) is 0 Å². The normalized spacial score (nSPS) is 8.33. The Morgan fingerprint density at radius 3 is 1.78 bits per heavy atom. The maximum absolute atomic E-state index is 10.2. The number of carboxylic acid groups (broad SMARTS) is 1. The number of Topliss-reactive ketones (excluding diaryl/α,β-unsaturated/α-hetero) is 1. The van der Waals surface area contributed by atoms with Gasteiger partial charge in [0.2, 0.25) is 5.78 Å². The van der Waals surface area contributed by atoms with E-state index < -0.39 is 17.7 Å². The third-order valence-corrected chi connectivity index (χ3v) is 0.735. The Labute approximate surface area is 72.6 Å². The van der Waals surface area contributed by atoms with Crippen LogP contribution in [-0.2, 0) is 9.59 Å². The second-order valence-corrected chi connectivity index (χ2v) is 1.82. The van der Waals surface area contributed by atoms with Crippen LogP contribution in [0.4, 0.5) is 0 Å². The number of rotatable bonds is 2. The zero-order valence-corrected chi connectivity index (χ0v) is 6.96. The van der Waals surface area contributed by atoms with Crippen LogP contribution in [0.15, 0.2) is 0 Å². The molecule has 0 aromatic carbocycles. The first-order valence-corrected chi connectivity index (χ1v) is 2.33. The van der Waals surface area contributed by atoms with Gasteiger partial charge in [-0.25, -0.2) is 4.79 Å². The molecule has 0 atom stereocenters. The number of carbonyl (C=O) groups is 2. The summed E-state index contributed by atoms with van der Waals surface area (Å²) in [6, 6.07) is 0. The largest absolute Gasteiger partial charge is 2.00 e. The van der Waals surface area contributed by atoms with Gasteiger partial charge < -0.3 is 7.96 Å². The Morgan fingerprint density at radius 2 is 1.78 bits per heavy atom. The number of hydrogen-bond donors (Lipinski definition) is 1. The van der Waals surface area contributed by atoms with Gasteiger partial charge in [0.25, 0.3) is 0 Å². The average Bonchev–Trinajstić information content (AvgIpc) is 1.64. The summed E-state index contributed by atoms with van der Waals surface area (Å²) in [7, 11) is 0. The molecular weight excluding hydrogens is 132 g/mol. The van der Waals surface area contributed by atoms with Crippen LogP contribution >= 0.6 is 0 Å². The molecule has 4 heteroatoms. The van der Waals surface area contributed by atoms with Gasteiger partial charge in [0, 0.05) is 5.92 Å². The summed E-state index contributed by atoms with van der Waals surface area (Å²) in [4.78, 5) is 20.0. The molecule has 0 bridgehead atoms. The van der Waals surface area contributed by atoms with E-state index >= 15 is 0 Å². The monoisotopic (exact) mass is 142 g/mol. The third-order valence-electron chi connectivity index (χ3n) is 0.735. The van der Waals surface area contributed by atoms with Gasteiger partial charge in [0.05, 0.1) is 0 Å². The fourth-order valence-electron chi connectivity index (χ4n) is 0.247. The first kappa shape index (κ1) is 11.7. The molecule has 0 unspecified atom stereocenters. The van der Waals surface area contributed by atoms with Gasteiger partial charge in [-0.1, -0.05) is 13.8 Å². The van der Waals surface area contributed by atoms with E-state index in [4.69, 9.17) is 5.11 Å². The molecule has 0 aliphatic carbocycles. The predicted molar refractivity (Wildman–Crippen MR) is 35.5 cm³/mol. The SMILES string of the molecule is CC(C)C(=O)C(=O)O.[H-].[H-].[Mg+2]. The minimum Gasteiger partial charge on any atom is -1.00 e. The summed E-state index contributed by atoms with van der Waals surface area (Å²) in [6.07, 6.45) is 0. The van der Waals surface area contributed by atoms with Crippen LogP contribution in [0, 0.1) is 5.92 Å². The molecule has 0 fully saturated rings. The van der Waals surface area contributed by atoms with Crippen molar-refractivity contribution in [2.75, 3.05) is 0 Å². The Bertz CT molecular complexity index is 127. The van der Waals surface area contributed by atoms with E-state index in [1.807, 2.05) is 0 Å². The summed E-state index contributed by atoms with van der Waals surface area (Å²) in [5, 5.41) is 8.00. The molecule has 0 rings (SSSR count). The molecule has 0 aromatic heterocycles. The molecule has 1 N–H and O–H groups in total. The predicted octanol–water partition coefficient (Wildman–Crippen LogP) is 0.140. The van der Waals surface area contributed by atoms with Gasteiger partial charge in [0.1, 0.15) is 0 Å². The molecule has 0 radical (unpaired) electrons. The van der Waals surface area contributed by atoms with Crippen LogP contribution in [0.3, 0.4) is 0 Å².